The van der Waals surface area contributed by atoms with Crippen molar-refractivity contribution in [2.45, 2.75) is 32.9 Å². The lowest BCUT2D eigenvalue weighted by atomic mass is 10.1. The lowest BCUT2D eigenvalue weighted by molar-refractivity contribution is 0.169. The van der Waals surface area contributed by atoms with Gasteiger partial charge in [-0.3, -0.25) is 9.89 Å². The Morgan fingerprint density at radius 2 is 2.00 bits per heavy atom. The normalized spacial score (nSPS) is 14.9. The molecule has 0 radical (unpaired) electrons. The highest BCUT2D eigenvalue weighted by Crippen LogP contribution is 2.19. The van der Waals surface area contributed by atoms with E-state index in [0.717, 1.165) is 74.2 Å². The Balaban J connectivity index is 0.00000289. The van der Waals surface area contributed by atoms with Crippen molar-refractivity contribution in [3.05, 3.63) is 53.7 Å². The largest absolute Gasteiger partial charge is 0.364 e. The van der Waals surface area contributed by atoms with Crippen LogP contribution >= 0.6 is 24.0 Å². The van der Waals surface area contributed by atoms with E-state index in [2.05, 4.69) is 54.5 Å². The minimum Gasteiger partial charge on any atom is -0.364 e. The van der Waals surface area contributed by atoms with Gasteiger partial charge in [0.1, 0.15) is 6.26 Å². The van der Waals surface area contributed by atoms with Crippen LogP contribution in [-0.4, -0.2) is 64.3 Å². The van der Waals surface area contributed by atoms with E-state index in [9.17, 15) is 0 Å². The van der Waals surface area contributed by atoms with Crippen LogP contribution in [0.4, 0.5) is 0 Å². The first-order valence-corrected chi connectivity index (χ1v) is 10.7. The molecule has 0 unspecified atom stereocenters. The summed E-state index contributed by atoms with van der Waals surface area (Å²) < 4.78 is 10.3. The molecule has 10 heteroatoms. The van der Waals surface area contributed by atoms with Gasteiger partial charge in [-0.2, -0.15) is 4.98 Å². The molecule has 0 atom stereocenters. The van der Waals surface area contributed by atoms with E-state index in [0.29, 0.717) is 12.4 Å². The second kappa shape index (κ2) is 12.0. The minimum atomic E-state index is 0. The summed E-state index contributed by atoms with van der Waals surface area (Å²) in [5, 5.41) is 11.5. The molecule has 0 amide bonds. The number of hydrogen-bond acceptors (Lipinski definition) is 7. The van der Waals surface area contributed by atoms with Crippen LogP contribution in [0.25, 0.3) is 11.5 Å². The maximum absolute atomic E-state index is 5.42. The molecule has 1 aliphatic rings. The van der Waals surface area contributed by atoms with E-state index in [1.54, 1.807) is 6.26 Å². The van der Waals surface area contributed by atoms with Crippen molar-refractivity contribution in [3.63, 3.8) is 0 Å². The summed E-state index contributed by atoms with van der Waals surface area (Å²) in [6.07, 6.45) is 3.44. The Bertz CT molecular complexity index is 982. The number of aromatic nitrogens is 3. The molecule has 1 aliphatic heterocycles. The van der Waals surface area contributed by atoms with Crippen LogP contribution in [0.1, 0.15) is 30.4 Å². The quantitative estimate of drug-likeness (QED) is 0.272. The van der Waals surface area contributed by atoms with Gasteiger partial charge in [-0.15, -0.1) is 24.0 Å². The fraction of sp³-hybridized carbons (Fsp3) is 0.455. The Kier molecular flexibility index (Phi) is 9.03. The van der Waals surface area contributed by atoms with Crippen LogP contribution in [0, 0.1) is 0 Å². The van der Waals surface area contributed by atoms with Crippen LogP contribution in [0.15, 0.2) is 50.6 Å². The van der Waals surface area contributed by atoms with E-state index in [1.807, 2.05) is 25.2 Å². The summed E-state index contributed by atoms with van der Waals surface area (Å²) in [6.45, 7) is 7.35. The molecule has 4 rings (SSSR count). The zero-order chi connectivity index (χ0) is 21.5. The van der Waals surface area contributed by atoms with Gasteiger partial charge in [0.15, 0.2) is 11.8 Å². The third-order valence-corrected chi connectivity index (χ3v) is 5.33. The number of nitrogens with zero attached hydrogens (tertiary/aromatic N) is 6. The number of halogens is 1. The number of aryl methyl sites for hydroxylation is 1. The Morgan fingerprint density at radius 1 is 1.16 bits per heavy atom. The molecule has 3 heterocycles. The molecular weight excluding hydrogens is 521 g/mol. The number of benzene rings is 1. The Hall–Kier alpha value is -2.47. The second-order valence-electron chi connectivity index (χ2n) is 7.62. The van der Waals surface area contributed by atoms with Gasteiger partial charge in [0.05, 0.1) is 5.69 Å². The lowest BCUT2D eigenvalue weighted by Crippen LogP contribution is -2.52. The average Bonchev–Trinajstić information content (AvgIpc) is 3.48. The van der Waals surface area contributed by atoms with E-state index in [-0.39, 0.29) is 24.0 Å². The fourth-order valence-corrected chi connectivity index (χ4v) is 3.69. The Morgan fingerprint density at radius 3 is 2.72 bits per heavy atom. The van der Waals surface area contributed by atoms with Gasteiger partial charge in [-0.05, 0) is 24.1 Å². The summed E-state index contributed by atoms with van der Waals surface area (Å²) in [4.78, 5) is 13.6. The van der Waals surface area contributed by atoms with Crippen molar-refractivity contribution in [2.24, 2.45) is 4.99 Å². The standard InChI is InChI=1S/C22H29N7O2.HI/c1-3-5-20-25-21(31-27-20)18-7-4-6-17(14-18)15-24-22(23-2)29-11-9-28(10-12-29)16-19-8-13-30-26-19;/h4,6-8,13-14H,3,5,9-12,15-16H2,1-2H3,(H,23,24);1H. The maximum Gasteiger partial charge on any atom is 0.257 e. The van der Waals surface area contributed by atoms with Gasteiger partial charge in [-0.25, -0.2) is 0 Å². The molecule has 0 aliphatic carbocycles. The van der Waals surface area contributed by atoms with Crippen LogP contribution < -0.4 is 5.32 Å². The molecule has 0 spiro atoms. The number of hydrogen-bond donors (Lipinski definition) is 1. The minimum absolute atomic E-state index is 0. The molecule has 1 fully saturated rings. The van der Waals surface area contributed by atoms with Crippen molar-refractivity contribution >= 4 is 29.9 Å². The van der Waals surface area contributed by atoms with E-state index in [4.69, 9.17) is 9.05 Å². The van der Waals surface area contributed by atoms with Crippen molar-refractivity contribution < 1.29 is 9.05 Å². The predicted octanol–water partition coefficient (Wildman–Crippen LogP) is 3.19. The zero-order valence-corrected chi connectivity index (χ0v) is 20.9. The molecule has 32 heavy (non-hydrogen) atoms. The van der Waals surface area contributed by atoms with E-state index in [1.165, 1.54) is 0 Å². The SMILES string of the molecule is CCCc1noc(-c2cccc(CNC(=NC)N3CCN(Cc4ccon4)CC3)c2)n1.I. The fourth-order valence-electron chi connectivity index (χ4n) is 3.69. The first-order chi connectivity index (χ1) is 15.2. The molecule has 0 bridgehead atoms. The van der Waals surface area contributed by atoms with Gasteiger partial charge in [0.2, 0.25) is 0 Å². The Labute approximate surface area is 205 Å². The van der Waals surface area contributed by atoms with Gasteiger partial charge >= 0.3 is 0 Å². The topological polar surface area (TPSA) is 95.8 Å². The first-order valence-electron chi connectivity index (χ1n) is 10.7. The molecular formula is C22H30IN7O2. The average molecular weight is 551 g/mol. The molecule has 1 aromatic carbocycles. The highest BCUT2D eigenvalue weighted by atomic mass is 127. The summed E-state index contributed by atoms with van der Waals surface area (Å²) in [6, 6.07) is 10.1. The molecule has 1 saturated heterocycles. The second-order valence-corrected chi connectivity index (χ2v) is 7.62. The molecule has 9 nitrogen and oxygen atoms in total. The summed E-state index contributed by atoms with van der Waals surface area (Å²) >= 11 is 0. The summed E-state index contributed by atoms with van der Waals surface area (Å²) in [5.41, 5.74) is 3.04. The maximum atomic E-state index is 5.42. The van der Waals surface area contributed by atoms with Gasteiger partial charge in [0.25, 0.3) is 5.89 Å². The third kappa shape index (κ3) is 6.28. The predicted molar refractivity (Wildman–Crippen MR) is 133 cm³/mol. The number of piperazine rings is 1. The molecule has 2 aromatic heterocycles. The number of guanidine groups is 1. The van der Waals surface area contributed by atoms with Gasteiger partial charge < -0.3 is 19.3 Å². The van der Waals surface area contributed by atoms with Crippen molar-refractivity contribution in [1.82, 2.24) is 30.4 Å². The van der Waals surface area contributed by atoms with Gasteiger partial charge in [0, 0.05) is 64.4 Å². The van der Waals surface area contributed by atoms with E-state index >= 15 is 0 Å². The molecule has 172 valence electrons. The van der Waals surface area contributed by atoms with Crippen molar-refractivity contribution in [1.29, 1.82) is 0 Å². The zero-order valence-electron chi connectivity index (χ0n) is 18.5. The molecule has 3 aromatic rings. The van der Waals surface area contributed by atoms with Crippen molar-refractivity contribution in [2.75, 3.05) is 33.2 Å². The lowest BCUT2D eigenvalue weighted by Gasteiger charge is -2.36. The van der Waals surface area contributed by atoms with Crippen LogP contribution in [-0.2, 0) is 19.5 Å². The molecule has 0 saturated carbocycles. The highest BCUT2D eigenvalue weighted by Gasteiger charge is 2.20. The van der Waals surface area contributed by atoms with Crippen LogP contribution in [0.5, 0.6) is 0 Å². The number of nitrogens with one attached hydrogen (secondary N) is 1. The van der Waals surface area contributed by atoms with Crippen LogP contribution in [0.3, 0.4) is 0 Å². The third-order valence-electron chi connectivity index (χ3n) is 5.33. The highest BCUT2D eigenvalue weighted by molar-refractivity contribution is 14.0. The number of aliphatic imine (C=N–C) groups is 1. The monoisotopic (exact) mass is 551 g/mol. The summed E-state index contributed by atoms with van der Waals surface area (Å²) in [7, 11) is 1.83. The number of rotatable bonds is 7. The van der Waals surface area contributed by atoms with E-state index < -0.39 is 0 Å². The summed E-state index contributed by atoms with van der Waals surface area (Å²) in [5.74, 6) is 2.23. The van der Waals surface area contributed by atoms with Crippen molar-refractivity contribution in [3.8, 4) is 11.5 Å². The smallest absolute Gasteiger partial charge is 0.257 e. The first kappa shape index (κ1) is 24.2. The van der Waals surface area contributed by atoms with Gasteiger partial charge in [-0.1, -0.05) is 29.4 Å². The van der Waals surface area contributed by atoms with Crippen LogP contribution in [0.2, 0.25) is 0 Å². The molecule has 1 N–H and O–H groups in total.